The van der Waals surface area contributed by atoms with Crippen LogP contribution >= 0.6 is 0 Å². The molecular weight excluding hydrogens is 386 g/mol. The van der Waals surface area contributed by atoms with Gasteiger partial charge in [-0.05, 0) is 42.7 Å². The second-order valence-corrected chi connectivity index (χ2v) is 8.28. The van der Waals surface area contributed by atoms with Crippen LogP contribution in [-0.4, -0.2) is 39.2 Å². The van der Waals surface area contributed by atoms with E-state index in [1.807, 2.05) is 0 Å². The third-order valence-corrected chi connectivity index (χ3v) is 5.64. The number of rotatable bonds is 5. The molecule has 10 heteroatoms. The lowest BCUT2D eigenvalue weighted by molar-refractivity contribution is -0.384. The summed E-state index contributed by atoms with van der Waals surface area (Å²) in [4.78, 5) is 23.1. The summed E-state index contributed by atoms with van der Waals surface area (Å²) in [5.41, 5.74) is 1.65. The molecule has 0 spiro atoms. The SMILES string of the molecule is COc1ccc([N+](=O)[O-])cc1NC(=O)c1ccc2c(c1)CCCN2S(C)(=O)=O. The van der Waals surface area contributed by atoms with E-state index in [4.69, 9.17) is 4.74 Å². The van der Waals surface area contributed by atoms with Crippen LogP contribution in [0, 0.1) is 10.1 Å². The Kier molecular flexibility index (Phi) is 5.23. The van der Waals surface area contributed by atoms with Crippen LogP contribution in [0.3, 0.4) is 0 Å². The molecule has 0 bridgehead atoms. The lowest BCUT2D eigenvalue weighted by Gasteiger charge is -2.29. The van der Waals surface area contributed by atoms with E-state index >= 15 is 0 Å². The molecular formula is C18H19N3O6S. The largest absolute Gasteiger partial charge is 0.495 e. The quantitative estimate of drug-likeness (QED) is 0.603. The molecule has 1 heterocycles. The van der Waals surface area contributed by atoms with Crippen LogP contribution in [0.5, 0.6) is 5.75 Å². The Morgan fingerprint density at radius 1 is 1.25 bits per heavy atom. The zero-order valence-corrected chi connectivity index (χ0v) is 16.2. The van der Waals surface area contributed by atoms with Gasteiger partial charge in [0.1, 0.15) is 5.75 Å². The van der Waals surface area contributed by atoms with E-state index in [9.17, 15) is 23.3 Å². The number of benzene rings is 2. The Morgan fingerprint density at radius 2 is 2.00 bits per heavy atom. The van der Waals surface area contributed by atoms with E-state index in [0.29, 0.717) is 36.4 Å². The summed E-state index contributed by atoms with van der Waals surface area (Å²) < 4.78 is 30.4. The molecule has 0 aromatic heterocycles. The summed E-state index contributed by atoms with van der Waals surface area (Å²) in [6.07, 6.45) is 2.46. The van der Waals surface area contributed by atoms with Crippen LogP contribution in [-0.2, 0) is 16.4 Å². The van der Waals surface area contributed by atoms with Crippen LogP contribution in [0.25, 0.3) is 0 Å². The van der Waals surface area contributed by atoms with Crippen molar-refractivity contribution in [3.8, 4) is 5.75 Å². The van der Waals surface area contributed by atoms with Crippen molar-refractivity contribution in [3.05, 3.63) is 57.6 Å². The van der Waals surface area contributed by atoms with Gasteiger partial charge in [-0.25, -0.2) is 8.42 Å². The molecule has 0 unspecified atom stereocenters. The minimum Gasteiger partial charge on any atom is -0.495 e. The lowest BCUT2D eigenvalue weighted by Crippen LogP contribution is -2.34. The molecule has 0 radical (unpaired) electrons. The fourth-order valence-corrected chi connectivity index (χ4v) is 4.15. The van der Waals surface area contributed by atoms with Gasteiger partial charge in [0.2, 0.25) is 10.0 Å². The number of hydrogen-bond donors (Lipinski definition) is 1. The summed E-state index contributed by atoms with van der Waals surface area (Å²) in [6, 6.07) is 8.70. The van der Waals surface area contributed by atoms with E-state index in [-0.39, 0.29) is 11.4 Å². The van der Waals surface area contributed by atoms with Crippen LogP contribution in [0.1, 0.15) is 22.3 Å². The molecule has 0 fully saturated rings. The number of hydrogen-bond acceptors (Lipinski definition) is 6. The van der Waals surface area contributed by atoms with Crippen molar-refractivity contribution in [2.45, 2.75) is 12.8 Å². The molecule has 1 amide bonds. The predicted octanol–water partition coefficient (Wildman–Crippen LogP) is 2.57. The Labute approximate surface area is 162 Å². The normalized spacial score (nSPS) is 13.6. The fourth-order valence-electron chi connectivity index (χ4n) is 3.15. The zero-order chi connectivity index (χ0) is 20.5. The topological polar surface area (TPSA) is 119 Å². The molecule has 0 saturated carbocycles. The second kappa shape index (κ2) is 7.47. The highest BCUT2D eigenvalue weighted by Crippen LogP contribution is 2.32. The first-order valence-corrected chi connectivity index (χ1v) is 10.3. The van der Waals surface area contributed by atoms with Crippen LogP contribution in [0.4, 0.5) is 17.1 Å². The van der Waals surface area contributed by atoms with Gasteiger partial charge in [-0.2, -0.15) is 0 Å². The molecule has 2 aromatic rings. The molecule has 1 aliphatic heterocycles. The molecule has 3 rings (SSSR count). The number of carbonyl (C=O) groups is 1. The maximum Gasteiger partial charge on any atom is 0.271 e. The lowest BCUT2D eigenvalue weighted by atomic mass is 10.0. The molecule has 0 saturated heterocycles. The number of non-ortho nitro benzene ring substituents is 1. The van der Waals surface area contributed by atoms with Crippen LogP contribution < -0.4 is 14.4 Å². The first-order chi connectivity index (χ1) is 13.2. The van der Waals surface area contributed by atoms with E-state index in [1.165, 1.54) is 35.7 Å². The number of nitro groups is 1. The van der Waals surface area contributed by atoms with Crippen molar-refractivity contribution >= 4 is 33.0 Å². The summed E-state index contributed by atoms with van der Waals surface area (Å²) in [5, 5.41) is 13.6. The number of ether oxygens (including phenoxy) is 1. The molecule has 28 heavy (non-hydrogen) atoms. The number of nitrogens with zero attached hydrogens (tertiary/aromatic N) is 2. The zero-order valence-electron chi connectivity index (χ0n) is 15.3. The molecule has 0 aliphatic carbocycles. The van der Waals surface area contributed by atoms with E-state index in [1.54, 1.807) is 12.1 Å². The average Bonchev–Trinajstić information content (AvgIpc) is 2.66. The second-order valence-electron chi connectivity index (χ2n) is 6.38. The van der Waals surface area contributed by atoms with Crippen molar-refractivity contribution in [3.63, 3.8) is 0 Å². The van der Waals surface area contributed by atoms with Crippen molar-refractivity contribution in [1.82, 2.24) is 0 Å². The number of nitro benzene ring substituents is 1. The third-order valence-electron chi connectivity index (χ3n) is 4.46. The predicted molar refractivity (Wildman–Crippen MR) is 105 cm³/mol. The van der Waals surface area contributed by atoms with Gasteiger partial charge in [-0.15, -0.1) is 0 Å². The van der Waals surface area contributed by atoms with Crippen molar-refractivity contribution in [2.75, 3.05) is 29.5 Å². The monoisotopic (exact) mass is 405 g/mol. The number of sulfonamides is 1. The Bertz CT molecular complexity index is 1050. The van der Waals surface area contributed by atoms with Gasteiger partial charge in [-0.1, -0.05) is 0 Å². The third kappa shape index (κ3) is 3.91. The number of nitrogens with one attached hydrogen (secondary N) is 1. The highest BCUT2D eigenvalue weighted by atomic mass is 32.2. The number of anilines is 2. The molecule has 1 aliphatic rings. The minimum atomic E-state index is -3.39. The van der Waals surface area contributed by atoms with Crippen molar-refractivity contribution in [2.24, 2.45) is 0 Å². The summed E-state index contributed by atoms with van der Waals surface area (Å²) >= 11 is 0. The molecule has 1 N–H and O–H groups in total. The molecule has 148 valence electrons. The number of amides is 1. The van der Waals surface area contributed by atoms with Crippen molar-refractivity contribution < 1.29 is 22.9 Å². The first kappa shape index (κ1) is 19.6. The van der Waals surface area contributed by atoms with Gasteiger partial charge in [0, 0.05) is 24.2 Å². The highest BCUT2D eigenvalue weighted by molar-refractivity contribution is 7.92. The average molecular weight is 405 g/mol. The van der Waals surface area contributed by atoms with Gasteiger partial charge in [0.05, 0.1) is 29.7 Å². The van der Waals surface area contributed by atoms with Crippen molar-refractivity contribution in [1.29, 1.82) is 0 Å². The highest BCUT2D eigenvalue weighted by Gasteiger charge is 2.25. The van der Waals surface area contributed by atoms with E-state index < -0.39 is 20.9 Å². The number of carbonyl (C=O) groups excluding carboxylic acids is 1. The smallest absolute Gasteiger partial charge is 0.271 e. The van der Waals surface area contributed by atoms with Gasteiger partial charge >= 0.3 is 0 Å². The van der Waals surface area contributed by atoms with Gasteiger partial charge in [0.25, 0.3) is 11.6 Å². The Morgan fingerprint density at radius 3 is 2.64 bits per heavy atom. The van der Waals surface area contributed by atoms with Gasteiger partial charge in [0.15, 0.2) is 0 Å². The fraction of sp³-hybridized carbons (Fsp3) is 0.278. The standard InChI is InChI=1S/C18H19N3O6S/c1-27-17-8-6-14(21(23)24)11-15(17)19-18(22)13-5-7-16-12(10-13)4-3-9-20(16)28(2,25)26/h5-8,10-11H,3-4,9H2,1-2H3,(H,19,22). The summed E-state index contributed by atoms with van der Waals surface area (Å²) in [7, 11) is -1.99. The van der Waals surface area contributed by atoms with Gasteiger partial charge < -0.3 is 10.1 Å². The number of methoxy groups -OCH3 is 1. The maximum absolute atomic E-state index is 12.7. The summed E-state index contributed by atoms with van der Waals surface area (Å²) in [6.45, 7) is 0.405. The molecule has 9 nitrogen and oxygen atoms in total. The van der Waals surface area contributed by atoms with E-state index in [0.717, 1.165) is 11.8 Å². The maximum atomic E-state index is 12.7. The van der Waals surface area contributed by atoms with Crippen LogP contribution in [0.15, 0.2) is 36.4 Å². The molecule has 2 aromatic carbocycles. The number of fused-ring (bicyclic) bond motifs is 1. The summed E-state index contributed by atoms with van der Waals surface area (Å²) in [5.74, 6) is -0.182. The van der Waals surface area contributed by atoms with Gasteiger partial charge in [-0.3, -0.25) is 19.2 Å². The number of aryl methyl sites for hydroxylation is 1. The molecule has 0 atom stereocenters. The van der Waals surface area contributed by atoms with Crippen LogP contribution in [0.2, 0.25) is 0 Å². The first-order valence-electron chi connectivity index (χ1n) is 8.45. The van der Waals surface area contributed by atoms with E-state index in [2.05, 4.69) is 5.32 Å². The minimum absolute atomic E-state index is 0.176. The Hall–Kier alpha value is -3.14. The Balaban J connectivity index is 1.90.